The second kappa shape index (κ2) is 9.14. The first kappa shape index (κ1) is 22.6. The predicted molar refractivity (Wildman–Crippen MR) is 123 cm³/mol. The number of piperidine rings is 1. The van der Waals surface area contributed by atoms with Crippen LogP contribution >= 0.6 is 22.9 Å². The Hall–Kier alpha value is -2.54. The number of nitrogens with zero attached hydrogens (tertiary/aromatic N) is 5. The Morgan fingerprint density at radius 1 is 1.38 bits per heavy atom. The quantitative estimate of drug-likeness (QED) is 0.410. The van der Waals surface area contributed by atoms with Gasteiger partial charge in [0.25, 0.3) is 5.91 Å². The highest BCUT2D eigenvalue weighted by Gasteiger charge is 2.40. The van der Waals surface area contributed by atoms with Crippen molar-refractivity contribution in [1.82, 2.24) is 30.5 Å². The van der Waals surface area contributed by atoms with Crippen LogP contribution in [-0.2, 0) is 6.42 Å². The summed E-state index contributed by atoms with van der Waals surface area (Å²) in [5, 5.41) is 16.5. The number of amides is 1. The number of aryl methyl sites for hydroxylation is 2. The predicted octanol–water partition coefficient (Wildman–Crippen LogP) is 0.534. The van der Waals surface area contributed by atoms with Crippen molar-refractivity contribution < 1.29 is 9.90 Å². The first-order valence-electron chi connectivity index (χ1n) is 10.3. The average molecular weight is 480 g/mol. The van der Waals surface area contributed by atoms with E-state index in [1.165, 1.54) is 4.88 Å². The molecule has 2 aliphatic heterocycles. The van der Waals surface area contributed by atoms with Gasteiger partial charge in [0.05, 0.1) is 23.3 Å². The Bertz CT molecular complexity index is 1040. The van der Waals surface area contributed by atoms with Crippen LogP contribution < -0.4 is 22.1 Å². The summed E-state index contributed by atoms with van der Waals surface area (Å²) in [7, 11) is 0. The maximum Gasteiger partial charge on any atom is 0.280 e. The van der Waals surface area contributed by atoms with Crippen LogP contribution in [0.4, 0.5) is 11.6 Å². The number of halogens is 1. The fraction of sp³-hybridized carbons (Fsp3) is 0.526. The van der Waals surface area contributed by atoms with Gasteiger partial charge in [0, 0.05) is 18.0 Å². The van der Waals surface area contributed by atoms with E-state index in [1.807, 2.05) is 12.4 Å². The zero-order chi connectivity index (χ0) is 22.9. The van der Waals surface area contributed by atoms with Gasteiger partial charge in [-0.25, -0.2) is 15.0 Å². The Morgan fingerprint density at radius 2 is 2.12 bits per heavy atom. The van der Waals surface area contributed by atoms with Crippen LogP contribution in [0.15, 0.2) is 10.5 Å². The normalized spacial score (nSPS) is 18.9. The van der Waals surface area contributed by atoms with Crippen molar-refractivity contribution in [3.05, 3.63) is 26.9 Å². The highest BCUT2D eigenvalue weighted by atomic mass is 35.5. The van der Waals surface area contributed by atoms with Gasteiger partial charge in [-0.05, 0) is 32.6 Å². The number of aliphatic imine (C=N–C) groups is 1. The lowest BCUT2D eigenvalue weighted by molar-refractivity contribution is -0.0255. The first-order valence-corrected chi connectivity index (χ1v) is 11.6. The molecular formula is C19H26ClN9O2S. The van der Waals surface area contributed by atoms with Crippen LogP contribution in [0.1, 0.15) is 40.3 Å². The van der Waals surface area contributed by atoms with Crippen LogP contribution in [0.3, 0.4) is 0 Å². The highest BCUT2D eigenvalue weighted by Crippen LogP contribution is 2.27. The average Bonchev–Trinajstić information content (AvgIpc) is 3.35. The number of aromatic nitrogens is 3. The van der Waals surface area contributed by atoms with E-state index in [1.54, 1.807) is 11.3 Å². The number of anilines is 2. The number of hydrogen-bond acceptors (Lipinski definition) is 11. The smallest absolute Gasteiger partial charge is 0.280 e. The van der Waals surface area contributed by atoms with Crippen LogP contribution in [0, 0.1) is 6.92 Å². The van der Waals surface area contributed by atoms with Crippen molar-refractivity contribution in [2.24, 2.45) is 4.99 Å². The number of hydrogen-bond donors (Lipinski definition) is 5. The number of guanidine groups is 1. The minimum Gasteiger partial charge on any atom is -0.382 e. The monoisotopic (exact) mass is 479 g/mol. The summed E-state index contributed by atoms with van der Waals surface area (Å²) in [5.74, 6) is -0.342. The number of likely N-dealkylation sites (tertiary alicyclic amines) is 1. The van der Waals surface area contributed by atoms with Gasteiger partial charge in [-0.2, -0.15) is 0 Å². The van der Waals surface area contributed by atoms with E-state index < -0.39 is 12.1 Å². The lowest BCUT2D eigenvalue weighted by Gasteiger charge is -2.41. The molecule has 1 unspecified atom stereocenters. The van der Waals surface area contributed by atoms with Crippen LogP contribution in [-0.4, -0.2) is 68.2 Å². The number of carbonyl (C=O) groups is 1. The van der Waals surface area contributed by atoms with Crippen molar-refractivity contribution in [1.29, 1.82) is 0 Å². The van der Waals surface area contributed by atoms with E-state index >= 15 is 0 Å². The molecule has 0 saturated carbocycles. The summed E-state index contributed by atoms with van der Waals surface area (Å²) in [6, 6.07) is 0. The molecule has 13 heteroatoms. The second-order valence-electron chi connectivity index (χ2n) is 8.07. The van der Waals surface area contributed by atoms with Crippen LogP contribution in [0.25, 0.3) is 0 Å². The van der Waals surface area contributed by atoms with Gasteiger partial charge in [0.1, 0.15) is 6.23 Å². The standard InChI is InChI=1S/C19H26ClN9O2S/c1-10-11(32-9-24-10)2-3-12(30)29-6-4-19(5-7-29)8-23-18(28-19)27-17(31)13-15(21)26-16(22)14(20)25-13/h9,12,30H,2-8H2,1H3,(H4,21,22,26)(H2,23,27,28,31). The van der Waals surface area contributed by atoms with E-state index in [9.17, 15) is 9.90 Å². The molecule has 2 aliphatic rings. The molecule has 0 aliphatic carbocycles. The molecule has 1 amide bonds. The van der Waals surface area contributed by atoms with Crippen LogP contribution in [0.2, 0.25) is 5.15 Å². The molecule has 1 atom stereocenters. The van der Waals surface area contributed by atoms with Gasteiger partial charge < -0.3 is 21.9 Å². The molecule has 7 N–H and O–H groups in total. The van der Waals surface area contributed by atoms with E-state index in [-0.39, 0.29) is 28.0 Å². The molecule has 1 saturated heterocycles. The minimum absolute atomic E-state index is 0.0351. The zero-order valence-electron chi connectivity index (χ0n) is 17.6. The van der Waals surface area contributed by atoms with Crippen LogP contribution in [0.5, 0.6) is 0 Å². The van der Waals surface area contributed by atoms with E-state index in [4.69, 9.17) is 23.1 Å². The van der Waals surface area contributed by atoms with Gasteiger partial charge in [-0.15, -0.1) is 11.3 Å². The zero-order valence-corrected chi connectivity index (χ0v) is 19.2. The maximum atomic E-state index is 12.5. The van der Waals surface area contributed by atoms with E-state index in [0.717, 1.165) is 38.0 Å². The summed E-state index contributed by atoms with van der Waals surface area (Å²) in [6.45, 7) is 4.00. The number of thiazole rings is 1. The van der Waals surface area contributed by atoms with Gasteiger partial charge in [-0.1, -0.05) is 11.6 Å². The van der Waals surface area contributed by atoms with Gasteiger partial charge >= 0.3 is 0 Å². The van der Waals surface area contributed by atoms with Crippen molar-refractivity contribution in [3.8, 4) is 0 Å². The minimum atomic E-state index is -0.564. The molecule has 11 nitrogen and oxygen atoms in total. The molecule has 0 aromatic carbocycles. The van der Waals surface area contributed by atoms with Crippen molar-refractivity contribution >= 4 is 46.4 Å². The summed E-state index contributed by atoms with van der Waals surface area (Å²) < 4.78 is 0. The Kier molecular flexibility index (Phi) is 6.47. The van der Waals surface area contributed by atoms with Crippen molar-refractivity contribution in [3.63, 3.8) is 0 Å². The molecule has 4 rings (SSSR count). The highest BCUT2D eigenvalue weighted by molar-refractivity contribution is 7.09. The van der Waals surface area contributed by atoms with Gasteiger partial charge in [0.2, 0.25) is 0 Å². The lowest BCUT2D eigenvalue weighted by atomic mass is 9.88. The maximum absolute atomic E-state index is 12.5. The number of aliphatic hydroxyl groups is 1. The summed E-state index contributed by atoms with van der Waals surface area (Å²) in [6.07, 6.45) is 2.59. The molecule has 0 radical (unpaired) electrons. The Labute approximate surface area is 194 Å². The molecule has 172 valence electrons. The lowest BCUT2D eigenvalue weighted by Crippen LogP contribution is -2.57. The summed E-state index contributed by atoms with van der Waals surface area (Å²) in [5.41, 5.74) is 13.8. The number of nitrogens with two attached hydrogens (primary N) is 2. The first-order chi connectivity index (χ1) is 15.3. The molecule has 2 aromatic heterocycles. The third-order valence-corrected chi connectivity index (χ3v) is 7.20. The molecular weight excluding hydrogens is 454 g/mol. The molecule has 32 heavy (non-hydrogen) atoms. The largest absolute Gasteiger partial charge is 0.382 e. The Morgan fingerprint density at radius 3 is 2.81 bits per heavy atom. The second-order valence-corrected chi connectivity index (χ2v) is 9.37. The third kappa shape index (κ3) is 4.77. The molecule has 1 spiro atoms. The fourth-order valence-electron chi connectivity index (χ4n) is 3.95. The number of carbonyl (C=O) groups excluding carboxylic acids is 1. The topological polar surface area (TPSA) is 168 Å². The molecule has 2 aromatic rings. The Balaban J connectivity index is 1.27. The molecule has 4 heterocycles. The molecule has 1 fully saturated rings. The molecule has 0 bridgehead atoms. The van der Waals surface area contributed by atoms with E-state index in [0.29, 0.717) is 18.9 Å². The van der Waals surface area contributed by atoms with Gasteiger partial charge in [-0.3, -0.25) is 20.0 Å². The SMILES string of the molecule is Cc1ncsc1CCC(O)N1CCC2(CC1)CN=C(NC(=O)c1nc(Cl)c(N)nc1N)N2. The van der Waals surface area contributed by atoms with E-state index in [2.05, 4.69) is 35.5 Å². The number of nitrogens with one attached hydrogen (secondary N) is 2. The third-order valence-electron chi connectivity index (χ3n) is 5.93. The number of aliphatic hydroxyl groups excluding tert-OH is 1. The number of nitrogen functional groups attached to an aromatic ring is 2. The van der Waals surface area contributed by atoms with Crippen molar-refractivity contribution in [2.75, 3.05) is 31.1 Å². The van der Waals surface area contributed by atoms with Crippen molar-refractivity contribution in [2.45, 2.75) is 44.4 Å². The fourth-order valence-corrected chi connectivity index (χ4v) is 4.87. The summed E-state index contributed by atoms with van der Waals surface area (Å²) in [4.78, 5) is 32.3. The summed E-state index contributed by atoms with van der Waals surface area (Å²) >= 11 is 7.48. The van der Waals surface area contributed by atoms with Gasteiger partial charge in [0.15, 0.2) is 28.4 Å². The number of rotatable bonds is 5.